The Bertz CT molecular complexity index is 636. The minimum absolute atomic E-state index is 0.175. The molecule has 1 atom stereocenters. The maximum atomic E-state index is 11.5. The lowest BCUT2D eigenvalue weighted by Gasteiger charge is -2.13. The van der Waals surface area contributed by atoms with E-state index in [1.807, 2.05) is 51.1 Å². The van der Waals surface area contributed by atoms with Gasteiger partial charge in [-0.05, 0) is 42.0 Å². The van der Waals surface area contributed by atoms with Crippen LogP contribution in [-0.2, 0) is 0 Å². The topological polar surface area (TPSA) is 20.2 Å². The molecule has 0 heterocycles. The fourth-order valence-electron chi connectivity index (χ4n) is 2.25. The highest BCUT2D eigenvalue weighted by Gasteiger charge is 2.08. The zero-order valence-electron chi connectivity index (χ0n) is 16.1. The first-order valence-electron chi connectivity index (χ1n) is 8.81. The van der Waals surface area contributed by atoms with E-state index in [1.165, 1.54) is 16.7 Å². The van der Waals surface area contributed by atoms with Crippen LogP contribution in [0.4, 0.5) is 4.39 Å². The third-order valence-electron chi connectivity index (χ3n) is 4.11. The normalized spacial score (nSPS) is 13.0. The van der Waals surface area contributed by atoms with Crippen LogP contribution in [-0.4, -0.2) is 11.8 Å². The van der Waals surface area contributed by atoms with Gasteiger partial charge >= 0.3 is 0 Å². The second-order valence-corrected chi connectivity index (χ2v) is 7.61. The standard InChI is InChI=1S/C17H18O.C6H13F/c1-13(12-15-6-4-3-5-7-15)14(2)16-8-10-17(18)11-9-16;1-6(2,3)4-5-7/h3-12,14,18H,1-2H3;4-5H2,1-3H3. The van der Waals surface area contributed by atoms with Crippen molar-refractivity contribution >= 4 is 6.08 Å². The smallest absolute Gasteiger partial charge is 0.115 e. The van der Waals surface area contributed by atoms with E-state index in [-0.39, 0.29) is 12.1 Å². The number of phenols is 1. The molecule has 0 aliphatic rings. The summed E-state index contributed by atoms with van der Waals surface area (Å²) in [5.41, 5.74) is 3.93. The first-order valence-corrected chi connectivity index (χ1v) is 8.81. The van der Waals surface area contributed by atoms with E-state index in [0.717, 1.165) is 0 Å². The molecule has 2 aromatic rings. The van der Waals surface area contributed by atoms with Gasteiger partial charge in [-0.3, -0.25) is 4.39 Å². The molecule has 1 nitrogen and oxygen atoms in total. The van der Waals surface area contributed by atoms with Crippen LogP contribution in [0, 0.1) is 5.41 Å². The summed E-state index contributed by atoms with van der Waals surface area (Å²) in [6.45, 7) is 10.2. The van der Waals surface area contributed by atoms with Gasteiger partial charge in [0.05, 0.1) is 6.67 Å². The van der Waals surface area contributed by atoms with Crippen molar-refractivity contribution in [2.24, 2.45) is 5.41 Å². The summed E-state index contributed by atoms with van der Waals surface area (Å²) < 4.78 is 11.5. The molecule has 0 spiro atoms. The molecule has 2 heteroatoms. The summed E-state index contributed by atoms with van der Waals surface area (Å²) >= 11 is 0. The zero-order valence-corrected chi connectivity index (χ0v) is 16.1. The van der Waals surface area contributed by atoms with Crippen LogP contribution >= 0.6 is 0 Å². The molecule has 25 heavy (non-hydrogen) atoms. The molecule has 0 amide bonds. The molecule has 2 rings (SSSR count). The van der Waals surface area contributed by atoms with Crippen molar-refractivity contribution in [2.45, 2.75) is 47.0 Å². The number of phenolic OH excluding ortho intramolecular Hbond substituents is 1. The van der Waals surface area contributed by atoms with Crippen molar-refractivity contribution in [1.82, 2.24) is 0 Å². The maximum absolute atomic E-state index is 11.5. The van der Waals surface area contributed by atoms with Gasteiger partial charge in [-0.15, -0.1) is 0 Å². The summed E-state index contributed by atoms with van der Waals surface area (Å²) in [5, 5.41) is 9.30. The molecule has 136 valence electrons. The average Bonchev–Trinajstić information content (AvgIpc) is 2.55. The summed E-state index contributed by atoms with van der Waals surface area (Å²) in [4.78, 5) is 0. The van der Waals surface area contributed by atoms with Crippen molar-refractivity contribution in [3.63, 3.8) is 0 Å². The molecule has 0 bridgehead atoms. The van der Waals surface area contributed by atoms with Crippen LogP contribution < -0.4 is 0 Å². The average molecular weight is 342 g/mol. The first kappa shape index (κ1) is 21.0. The maximum Gasteiger partial charge on any atom is 0.115 e. The number of hydrogen-bond acceptors (Lipinski definition) is 1. The van der Waals surface area contributed by atoms with Gasteiger partial charge in [-0.2, -0.15) is 0 Å². The fraction of sp³-hybridized carbons (Fsp3) is 0.391. The van der Waals surface area contributed by atoms with Crippen molar-refractivity contribution in [3.05, 3.63) is 71.3 Å². The number of rotatable bonds is 4. The largest absolute Gasteiger partial charge is 0.508 e. The van der Waals surface area contributed by atoms with Crippen molar-refractivity contribution in [3.8, 4) is 5.75 Å². The van der Waals surface area contributed by atoms with Gasteiger partial charge < -0.3 is 5.11 Å². The van der Waals surface area contributed by atoms with Gasteiger partial charge in [0.15, 0.2) is 0 Å². The molecule has 0 aliphatic heterocycles. The minimum atomic E-state index is -0.191. The van der Waals surface area contributed by atoms with Gasteiger partial charge in [0, 0.05) is 5.92 Å². The molecular formula is C23H31FO. The SMILES string of the molecule is CC(=Cc1ccccc1)C(C)c1ccc(O)cc1.CC(C)(C)CCF. The zero-order chi connectivity index (χ0) is 18.9. The van der Waals surface area contributed by atoms with E-state index >= 15 is 0 Å². The van der Waals surface area contributed by atoms with Gasteiger partial charge in [-0.1, -0.05) is 81.8 Å². The molecule has 1 N–H and O–H groups in total. The van der Waals surface area contributed by atoms with Crippen LogP contribution in [0.1, 0.15) is 58.1 Å². The van der Waals surface area contributed by atoms with Crippen LogP contribution in [0.25, 0.3) is 6.08 Å². The second-order valence-electron chi connectivity index (χ2n) is 7.61. The van der Waals surface area contributed by atoms with E-state index in [4.69, 9.17) is 0 Å². The van der Waals surface area contributed by atoms with Crippen molar-refractivity contribution < 1.29 is 9.50 Å². The van der Waals surface area contributed by atoms with Crippen LogP contribution in [0.3, 0.4) is 0 Å². The number of allylic oxidation sites excluding steroid dienone is 1. The van der Waals surface area contributed by atoms with Gasteiger partial charge in [0.25, 0.3) is 0 Å². The fourth-order valence-corrected chi connectivity index (χ4v) is 2.25. The van der Waals surface area contributed by atoms with Gasteiger partial charge in [-0.25, -0.2) is 0 Å². The highest BCUT2D eigenvalue weighted by Crippen LogP contribution is 2.26. The number of alkyl halides is 1. The number of benzene rings is 2. The van der Waals surface area contributed by atoms with E-state index < -0.39 is 0 Å². The summed E-state index contributed by atoms with van der Waals surface area (Å²) in [7, 11) is 0. The van der Waals surface area contributed by atoms with Crippen molar-refractivity contribution in [2.75, 3.05) is 6.67 Å². The predicted octanol–water partition coefficient (Wildman–Crippen LogP) is 6.99. The number of aromatic hydroxyl groups is 1. The summed E-state index contributed by atoms with van der Waals surface area (Å²) in [6, 6.07) is 17.7. The van der Waals surface area contributed by atoms with E-state index in [2.05, 4.69) is 32.1 Å². The van der Waals surface area contributed by atoms with Crippen LogP contribution in [0.15, 0.2) is 60.2 Å². The lowest BCUT2D eigenvalue weighted by molar-refractivity contribution is 0.316. The lowest BCUT2D eigenvalue weighted by Crippen LogP contribution is -2.04. The third kappa shape index (κ3) is 8.53. The molecule has 1 unspecified atom stereocenters. The summed E-state index contributed by atoms with van der Waals surface area (Å²) in [5.74, 6) is 0.668. The second kappa shape index (κ2) is 10.0. The predicted molar refractivity (Wildman–Crippen MR) is 107 cm³/mol. The molecule has 0 fully saturated rings. The van der Waals surface area contributed by atoms with Gasteiger partial charge in [0.1, 0.15) is 5.75 Å². The first-order chi connectivity index (χ1) is 11.7. The van der Waals surface area contributed by atoms with E-state index in [0.29, 0.717) is 18.1 Å². The highest BCUT2D eigenvalue weighted by molar-refractivity contribution is 5.54. The Morgan fingerprint density at radius 3 is 2.04 bits per heavy atom. The Labute approximate surface area is 152 Å². The van der Waals surface area contributed by atoms with Crippen LogP contribution in [0.5, 0.6) is 5.75 Å². The minimum Gasteiger partial charge on any atom is -0.508 e. The monoisotopic (exact) mass is 342 g/mol. The lowest BCUT2D eigenvalue weighted by atomic mass is 9.92. The Balaban J connectivity index is 0.000000381. The molecule has 2 aromatic carbocycles. The summed E-state index contributed by atoms with van der Waals surface area (Å²) in [6.07, 6.45) is 2.88. The van der Waals surface area contributed by atoms with E-state index in [1.54, 1.807) is 12.1 Å². The Kier molecular flexibility index (Phi) is 8.40. The molecular weight excluding hydrogens is 311 g/mol. The van der Waals surface area contributed by atoms with E-state index in [9.17, 15) is 9.50 Å². The number of hydrogen-bond donors (Lipinski definition) is 1. The Morgan fingerprint density at radius 2 is 1.60 bits per heavy atom. The van der Waals surface area contributed by atoms with Crippen molar-refractivity contribution in [1.29, 1.82) is 0 Å². The molecule has 0 aromatic heterocycles. The molecule has 0 aliphatic carbocycles. The molecule has 0 radical (unpaired) electrons. The Morgan fingerprint density at radius 1 is 1.04 bits per heavy atom. The quantitative estimate of drug-likeness (QED) is 0.634. The molecule has 0 saturated carbocycles. The highest BCUT2D eigenvalue weighted by atomic mass is 19.1. The van der Waals surface area contributed by atoms with Gasteiger partial charge in [0.2, 0.25) is 0 Å². The number of halogens is 1. The van der Waals surface area contributed by atoms with Crippen LogP contribution in [0.2, 0.25) is 0 Å². The Hall–Kier alpha value is -2.09. The molecule has 0 saturated heterocycles. The third-order valence-corrected chi connectivity index (χ3v) is 4.11.